The lowest BCUT2D eigenvalue weighted by molar-refractivity contribution is -0.142. The van der Waals surface area contributed by atoms with Crippen LogP contribution in [0.15, 0.2) is 41.3 Å². The maximum absolute atomic E-state index is 11.8. The number of hydrogen-bond acceptors (Lipinski definition) is 5. The van der Waals surface area contributed by atoms with E-state index in [1.54, 1.807) is 12.1 Å². The number of ether oxygens (including phenoxy) is 2. The van der Waals surface area contributed by atoms with Gasteiger partial charge in [-0.3, -0.25) is 9.59 Å². The summed E-state index contributed by atoms with van der Waals surface area (Å²) in [4.78, 5) is 23.4. The topological polar surface area (TPSA) is 93.1 Å². The smallest absolute Gasteiger partial charge is 0.311 e. The molecule has 0 aromatic heterocycles. The van der Waals surface area contributed by atoms with Crippen LogP contribution < -0.4 is 9.47 Å². The number of carboxylic acid groups (broad SMARTS) is 1. The van der Waals surface area contributed by atoms with Gasteiger partial charge in [-0.25, -0.2) is 0 Å². The first kappa shape index (κ1) is 27.6. The minimum absolute atomic E-state index is 0.165. The molecular formula is C27H38O6S. The summed E-state index contributed by atoms with van der Waals surface area (Å²) in [6, 6.07) is 11.1. The lowest BCUT2D eigenvalue weighted by Crippen LogP contribution is -2.18. The van der Waals surface area contributed by atoms with Crippen molar-refractivity contribution >= 4 is 22.0 Å². The number of carboxylic acids is 1. The van der Waals surface area contributed by atoms with E-state index < -0.39 is 22.0 Å². The quantitative estimate of drug-likeness (QED) is 0.337. The molecule has 0 fully saturated rings. The molecule has 0 aliphatic heterocycles. The maximum Gasteiger partial charge on any atom is 0.311 e. The molecule has 6 nitrogen and oxygen atoms in total. The van der Waals surface area contributed by atoms with Crippen molar-refractivity contribution in [3.63, 3.8) is 0 Å². The van der Waals surface area contributed by atoms with E-state index in [-0.39, 0.29) is 23.7 Å². The molecule has 0 radical (unpaired) electrons. The summed E-state index contributed by atoms with van der Waals surface area (Å²) in [6.45, 7) is 12.4. The second kappa shape index (κ2) is 10.3. The number of carbonyl (C=O) groups excluding carboxylic acids is 1. The summed E-state index contributed by atoms with van der Waals surface area (Å²) in [5, 5.41) is 19.6. The van der Waals surface area contributed by atoms with Crippen LogP contribution in [0.2, 0.25) is 0 Å². The van der Waals surface area contributed by atoms with Gasteiger partial charge in [0.05, 0.1) is 12.8 Å². The van der Waals surface area contributed by atoms with E-state index in [0.717, 1.165) is 21.8 Å². The van der Waals surface area contributed by atoms with Crippen LogP contribution in [0, 0.1) is 0 Å². The first-order chi connectivity index (χ1) is 15.5. The van der Waals surface area contributed by atoms with Gasteiger partial charge in [0.15, 0.2) is 0 Å². The second-order valence-electron chi connectivity index (χ2n) is 11.0. The van der Waals surface area contributed by atoms with E-state index in [4.69, 9.17) is 14.6 Å². The minimum Gasteiger partial charge on any atom is -0.507 e. The van der Waals surface area contributed by atoms with Gasteiger partial charge in [0.2, 0.25) is 0 Å². The Labute approximate surface area is 204 Å². The van der Waals surface area contributed by atoms with Crippen LogP contribution in [-0.2, 0) is 20.4 Å². The Morgan fingerprint density at radius 3 is 1.79 bits per heavy atom. The summed E-state index contributed by atoms with van der Waals surface area (Å²) in [5.74, 6) is 0.336. The van der Waals surface area contributed by atoms with E-state index in [0.29, 0.717) is 17.4 Å². The monoisotopic (exact) mass is 490 g/mol. The normalized spacial score (nSPS) is 12.8. The zero-order chi connectivity index (χ0) is 25.9. The molecule has 0 atom stereocenters. The van der Waals surface area contributed by atoms with Gasteiger partial charge >= 0.3 is 11.9 Å². The minimum atomic E-state index is -1.33. The molecule has 0 bridgehead atoms. The van der Waals surface area contributed by atoms with E-state index in [1.807, 2.05) is 24.3 Å². The Bertz CT molecular complexity index is 992. The van der Waals surface area contributed by atoms with Crippen LogP contribution in [0.25, 0.3) is 0 Å². The van der Waals surface area contributed by atoms with Gasteiger partial charge in [-0.2, -0.15) is 10.0 Å². The lowest BCUT2D eigenvalue weighted by Gasteiger charge is -2.33. The molecule has 0 unspecified atom stereocenters. The van der Waals surface area contributed by atoms with Crippen LogP contribution >= 0.6 is 10.0 Å². The third-order valence-electron chi connectivity index (χ3n) is 5.46. The molecular weight excluding hydrogens is 452 g/mol. The van der Waals surface area contributed by atoms with Crippen molar-refractivity contribution in [1.29, 1.82) is 0 Å². The van der Waals surface area contributed by atoms with Crippen molar-refractivity contribution in [2.45, 2.75) is 70.1 Å². The van der Waals surface area contributed by atoms with Crippen molar-refractivity contribution in [1.82, 2.24) is 0 Å². The Morgan fingerprint density at radius 1 is 0.853 bits per heavy atom. The van der Waals surface area contributed by atoms with Gasteiger partial charge in [0.1, 0.15) is 23.2 Å². The van der Waals surface area contributed by atoms with Crippen molar-refractivity contribution in [3.8, 4) is 17.2 Å². The zero-order valence-corrected chi connectivity index (χ0v) is 22.3. The van der Waals surface area contributed by atoms with Gasteiger partial charge in [-0.15, -0.1) is 0 Å². The van der Waals surface area contributed by atoms with Crippen molar-refractivity contribution in [2.24, 2.45) is 0 Å². The van der Waals surface area contributed by atoms with E-state index in [1.165, 1.54) is 0 Å². The van der Waals surface area contributed by atoms with Gasteiger partial charge < -0.3 is 19.7 Å². The van der Waals surface area contributed by atoms with Crippen LogP contribution in [0.1, 0.15) is 65.5 Å². The van der Waals surface area contributed by atoms with Gasteiger partial charge in [0, 0.05) is 11.1 Å². The van der Waals surface area contributed by atoms with Gasteiger partial charge in [0.25, 0.3) is 0 Å². The van der Waals surface area contributed by atoms with Gasteiger partial charge in [-0.05, 0) is 64.6 Å². The highest BCUT2D eigenvalue weighted by Crippen LogP contribution is 2.50. The number of phenols is 1. The highest BCUT2D eigenvalue weighted by molar-refractivity contribution is 8.32. The highest BCUT2D eigenvalue weighted by atomic mass is 32.3. The fourth-order valence-corrected chi connectivity index (χ4v) is 4.83. The molecule has 0 aliphatic rings. The summed E-state index contributed by atoms with van der Waals surface area (Å²) < 4.78 is 11.5. The molecule has 0 saturated carbocycles. The Morgan fingerprint density at radius 2 is 1.35 bits per heavy atom. The molecule has 0 spiro atoms. The lowest BCUT2D eigenvalue weighted by atomic mass is 9.79. The van der Waals surface area contributed by atoms with Crippen LogP contribution in [-0.4, -0.2) is 40.6 Å². The van der Waals surface area contributed by atoms with Crippen molar-refractivity contribution in [2.75, 3.05) is 18.5 Å². The third kappa shape index (κ3) is 7.42. The number of esters is 1. The molecule has 2 N–H and O–H groups in total. The number of hydrogen-bond donors (Lipinski definition) is 2. The number of aliphatic carboxylic acids is 1. The molecule has 0 amide bonds. The van der Waals surface area contributed by atoms with Crippen molar-refractivity contribution in [3.05, 3.63) is 47.5 Å². The molecule has 0 heterocycles. The summed E-state index contributed by atoms with van der Waals surface area (Å²) in [5.41, 5.74) is 1.25. The molecule has 34 heavy (non-hydrogen) atoms. The fraction of sp³-hybridized carbons (Fsp3) is 0.481. The molecule has 2 aromatic rings. The molecule has 2 rings (SSSR count). The fourth-order valence-electron chi connectivity index (χ4n) is 3.39. The van der Waals surface area contributed by atoms with Crippen LogP contribution in [0.3, 0.4) is 0 Å². The first-order valence-electron chi connectivity index (χ1n) is 11.2. The van der Waals surface area contributed by atoms with Crippen molar-refractivity contribution < 1.29 is 29.3 Å². The zero-order valence-electron chi connectivity index (χ0n) is 21.5. The van der Waals surface area contributed by atoms with E-state index in [2.05, 4.69) is 54.1 Å². The Balaban J connectivity index is 2.18. The van der Waals surface area contributed by atoms with Crippen LogP contribution in [0.4, 0.5) is 0 Å². The summed E-state index contributed by atoms with van der Waals surface area (Å²) >= 11 is 0. The van der Waals surface area contributed by atoms with Gasteiger partial charge in [-0.1, -0.05) is 41.5 Å². The second-order valence-corrected chi connectivity index (χ2v) is 14.8. The molecule has 7 heteroatoms. The number of rotatable bonds is 8. The largest absolute Gasteiger partial charge is 0.507 e. The summed E-state index contributed by atoms with van der Waals surface area (Å²) in [6.07, 6.45) is 3.88. The third-order valence-corrected chi connectivity index (χ3v) is 7.71. The standard InChI is InChI=1S/C27H38O6S/c1-26(2,3)21-15-19(16-22(25(21)31)27(4,5)6)32-17-34(7,8)20-11-9-18(10-12-20)33-24(30)14-13-23(28)29/h9-12,15-16,31H,13-14,17H2,1-8H3,(H,28,29). The molecule has 2 aromatic carbocycles. The number of benzene rings is 2. The maximum atomic E-state index is 11.8. The summed E-state index contributed by atoms with van der Waals surface area (Å²) in [7, 11) is -1.33. The highest BCUT2D eigenvalue weighted by Gasteiger charge is 2.27. The number of aromatic hydroxyl groups is 1. The average Bonchev–Trinajstić information content (AvgIpc) is 2.70. The van der Waals surface area contributed by atoms with E-state index in [9.17, 15) is 14.7 Å². The molecule has 188 valence electrons. The number of phenolic OH excluding ortho intramolecular Hbond substituents is 1. The Hall–Kier alpha value is -2.67. The molecule has 0 aliphatic carbocycles. The Kier molecular flexibility index (Phi) is 8.35. The van der Waals surface area contributed by atoms with E-state index >= 15 is 0 Å². The number of carbonyl (C=O) groups is 2. The first-order valence-corrected chi connectivity index (χ1v) is 13.9. The molecule has 0 saturated heterocycles. The predicted molar refractivity (Wildman–Crippen MR) is 138 cm³/mol. The van der Waals surface area contributed by atoms with Crippen LogP contribution in [0.5, 0.6) is 17.2 Å². The average molecular weight is 491 g/mol. The predicted octanol–water partition coefficient (Wildman–Crippen LogP) is 6.22. The SMILES string of the molecule is CC(C)(C)c1cc(OCS(C)(C)c2ccc(OC(=O)CCC(=O)O)cc2)cc(C(C)(C)C)c1O.